The molecule has 1 aliphatic rings. The second kappa shape index (κ2) is 5.24. The molecule has 0 spiro atoms. The number of rotatable bonds is 4. The standard InChI is InChI=1S/C10H16N2O5/c1-6(16-3)11-8(13)5-9(14)12(10(11)15)7(2)17-4/h6-7H,5H2,1-4H3. The number of ether oxygens (including phenoxy) is 2. The smallest absolute Gasteiger partial charge is 0.337 e. The summed E-state index contributed by atoms with van der Waals surface area (Å²) in [5.41, 5.74) is 0. The van der Waals surface area contributed by atoms with Crippen LogP contribution in [0.3, 0.4) is 0 Å². The summed E-state index contributed by atoms with van der Waals surface area (Å²) in [5, 5.41) is 0. The third-order valence-corrected chi connectivity index (χ3v) is 2.66. The molecule has 4 amide bonds. The fourth-order valence-electron chi connectivity index (χ4n) is 1.56. The van der Waals surface area contributed by atoms with E-state index in [0.717, 1.165) is 9.80 Å². The fraction of sp³-hybridized carbons (Fsp3) is 0.700. The summed E-state index contributed by atoms with van der Waals surface area (Å²) in [6.07, 6.45) is -1.78. The summed E-state index contributed by atoms with van der Waals surface area (Å²) in [4.78, 5) is 37.0. The van der Waals surface area contributed by atoms with Crippen LogP contribution in [0.25, 0.3) is 0 Å². The first-order valence-corrected chi connectivity index (χ1v) is 5.17. The monoisotopic (exact) mass is 244 g/mol. The topological polar surface area (TPSA) is 76.2 Å². The van der Waals surface area contributed by atoms with Gasteiger partial charge in [0.05, 0.1) is 0 Å². The van der Waals surface area contributed by atoms with E-state index in [-0.39, 0.29) is 6.42 Å². The number of urea groups is 1. The largest absolute Gasteiger partial charge is 0.361 e. The molecule has 0 radical (unpaired) electrons. The van der Waals surface area contributed by atoms with Crippen molar-refractivity contribution in [3.05, 3.63) is 0 Å². The van der Waals surface area contributed by atoms with Gasteiger partial charge in [-0.1, -0.05) is 0 Å². The Morgan fingerprint density at radius 2 is 1.29 bits per heavy atom. The van der Waals surface area contributed by atoms with Crippen molar-refractivity contribution in [2.45, 2.75) is 32.7 Å². The number of nitrogens with zero attached hydrogens (tertiary/aromatic N) is 2. The number of methoxy groups -OCH3 is 2. The van der Waals surface area contributed by atoms with Crippen LogP contribution in [0.2, 0.25) is 0 Å². The highest BCUT2D eigenvalue weighted by molar-refractivity contribution is 6.14. The van der Waals surface area contributed by atoms with Gasteiger partial charge in [0.2, 0.25) is 11.8 Å². The molecule has 1 rings (SSSR count). The molecule has 2 unspecified atom stereocenters. The summed E-state index contributed by atoms with van der Waals surface area (Å²) in [7, 11) is 2.76. The Labute approximate surface area is 99.2 Å². The Hall–Kier alpha value is -1.47. The zero-order valence-electron chi connectivity index (χ0n) is 10.3. The lowest BCUT2D eigenvalue weighted by Crippen LogP contribution is -2.60. The molecule has 1 fully saturated rings. The van der Waals surface area contributed by atoms with E-state index >= 15 is 0 Å². The van der Waals surface area contributed by atoms with Crippen LogP contribution >= 0.6 is 0 Å². The van der Waals surface area contributed by atoms with Gasteiger partial charge >= 0.3 is 6.03 Å². The van der Waals surface area contributed by atoms with Crippen molar-refractivity contribution in [3.8, 4) is 0 Å². The predicted molar refractivity (Wildman–Crippen MR) is 56.6 cm³/mol. The molecule has 2 atom stereocenters. The maximum absolute atomic E-state index is 12.0. The summed E-state index contributed by atoms with van der Waals surface area (Å²) in [6.45, 7) is 3.11. The molecule has 0 aromatic carbocycles. The predicted octanol–water partition coefficient (Wildman–Crippen LogP) is 0.152. The van der Waals surface area contributed by atoms with Crippen LogP contribution in [-0.2, 0) is 19.1 Å². The third-order valence-electron chi connectivity index (χ3n) is 2.66. The number of barbiturate groups is 1. The SMILES string of the molecule is COC(C)N1C(=O)CC(=O)N(C(C)OC)C1=O. The number of hydrogen-bond donors (Lipinski definition) is 0. The molecule has 0 aromatic rings. The number of amides is 4. The molecule has 0 bridgehead atoms. The van der Waals surface area contributed by atoms with E-state index in [0.29, 0.717) is 0 Å². The molecular formula is C10H16N2O5. The van der Waals surface area contributed by atoms with Crippen LogP contribution in [0, 0.1) is 0 Å². The molecular weight excluding hydrogens is 228 g/mol. The van der Waals surface area contributed by atoms with Crippen molar-refractivity contribution in [1.82, 2.24) is 9.80 Å². The Balaban J connectivity index is 2.99. The molecule has 1 saturated heterocycles. The second-order valence-corrected chi connectivity index (χ2v) is 3.66. The van der Waals surface area contributed by atoms with Crippen LogP contribution in [-0.4, -0.2) is 54.3 Å². The van der Waals surface area contributed by atoms with Crippen molar-refractivity contribution in [3.63, 3.8) is 0 Å². The van der Waals surface area contributed by atoms with Crippen molar-refractivity contribution in [2.24, 2.45) is 0 Å². The van der Waals surface area contributed by atoms with Crippen molar-refractivity contribution < 1.29 is 23.9 Å². The van der Waals surface area contributed by atoms with E-state index in [4.69, 9.17) is 9.47 Å². The van der Waals surface area contributed by atoms with Gasteiger partial charge in [0.25, 0.3) is 0 Å². The van der Waals surface area contributed by atoms with E-state index in [2.05, 4.69) is 0 Å². The minimum absolute atomic E-state index is 0.354. The number of imide groups is 2. The first-order chi connectivity index (χ1) is 7.93. The highest BCUT2D eigenvalue weighted by Gasteiger charge is 2.42. The van der Waals surface area contributed by atoms with Gasteiger partial charge in [0.1, 0.15) is 18.9 Å². The zero-order chi connectivity index (χ0) is 13.2. The lowest BCUT2D eigenvalue weighted by molar-refractivity contribution is -0.155. The molecule has 0 saturated carbocycles. The first kappa shape index (κ1) is 13.6. The molecule has 1 heterocycles. The minimum atomic E-state index is -0.713. The van der Waals surface area contributed by atoms with E-state index in [1.165, 1.54) is 14.2 Å². The maximum atomic E-state index is 12.0. The van der Waals surface area contributed by atoms with E-state index < -0.39 is 30.3 Å². The van der Waals surface area contributed by atoms with Gasteiger partial charge in [-0.15, -0.1) is 0 Å². The highest BCUT2D eigenvalue weighted by atomic mass is 16.5. The van der Waals surface area contributed by atoms with Gasteiger partial charge in [-0.25, -0.2) is 14.6 Å². The van der Waals surface area contributed by atoms with Gasteiger partial charge in [0.15, 0.2) is 0 Å². The number of hydrogen-bond acceptors (Lipinski definition) is 5. The zero-order valence-corrected chi connectivity index (χ0v) is 10.3. The van der Waals surface area contributed by atoms with Crippen LogP contribution in [0.5, 0.6) is 0 Å². The molecule has 1 aliphatic heterocycles. The Morgan fingerprint density at radius 1 is 0.941 bits per heavy atom. The van der Waals surface area contributed by atoms with Crippen LogP contribution in [0.4, 0.5) is 4.79 Å². The molecule has 7 heteroatoms. The van der Waals surface area contributed by atoms with E-state index in [9.17, 15) is 14.4 Å². The average molecular weight is 244 g/mol. The van der Waals surface area contributed by atoms with Crippen LogP contribution in [0.1, 0.15) is 20.3 Å². The van der Waals surface area contributed by atoms with Gasteiger partial charge in [0, 0.05) is 14.2 Å². The third kappa shape index (κ3) is 2.45. The number of carbonyl (C=O) groups excluding carboxylic acids is 3. The van der Waals surface area contributed by atoms with Crippen LogP contribution < -0.4 is 0 Å². The van der Waals surface area contributed by atoms with Crippen molar-refractivity contribution >= 4 is 17.8 Å². The Kier molecular flexibility index (Phi) is 4.19. The molecule has 0 aromatic heterocycles. The summed E-state index contributed by atoms with van der Waals surface area (Å²) in [6, 6.07) is -0.713. The molecule has 0 aliphatic carbocycles. The van der Waals surface area contributed by atoms with Gasteiger partial charge in [-0.3, -0.25) is 9.59 Å². The Bertz CT molecular complexity index is 314. The second-order valence-electron chi connectivity index (χ2n) is 3.66. The van der Waals surface area contributed by atoms with Crippen LogP contribution in [0.15, 0.2) is 0 Å². The quantitative estimate of drug-likeness (QED) is 0.658. The first-order valence-electron chi connectivity index (χ1n) is 5.17. The maximum Gasteiger partial charge on any atom is 0.337 e. The summed E-state index contributed by atoms with van der Waals surface area (Å²) < 4.78 is 9.87. The van der Waals surface area contributed by atoms with Gasteiger partial charge < -0.3 is 9.47 Å². The fourth-order valence-corrected chi connectivity index (χ4v) is 1.56. The normalized spacial score (nSPS) is 20.8. The lowest BCUT2D eigenvalue weighted by Gasteiger charge is -2.37. The number of carbonyl (C=O) groups is 3. The summed E-state index contributed by atoms with van der Waals surface area (Å²) in [5.74, 6) is -1.12. The minimum Gasteiger partial charge on any atom is -0.361 e. The molecule has 7 nitrogen and oxygen atoms in total. The Morgan fingerprint density at radius 3 is 1.59 bits per heavy atom. The van der Waals surface area contributed by atoms with Crippen molar-refractivity contribution in [2.75, 3.05) is 14.2 Å². The highest BCUT2D eigenvalue weighted by Crippen LogP contribution is 2.18. The molecule has 0 N–H and O–H groups in total. The summed E-state index contributed by atoms with van der Waals surface area (Å²) >= 11 is 0. The lowest BCUT2D eigenvalue weighted by atomic mass is 10.2. The van der Waals surface area contributed by atoms with Gasteiger partial charge in [-0.05, 0) is 13.8 Å². The van der Waals surface area contributed by atoms with Gasteiger partial charge in [-0.2, -0.15) is 0 Å². The van der Waals surface area contributed by atoms with E-state index in [1.807, 2.05) is 0 Å². The molecule has 96 valence electrons. The molecule has 17 heavy (non-hydrogen) atoms. The average Bonchev–Trinajstić information content (AvgIpc) is 2.27. The van der Waals surface area contributed by atoms with E-state index in [1.54, 1.807) is 13.8 Å². The van der Waals surface area contributed by atoms with Crippen molar-refractivity contribution in [1.29, 1.82) is 0 Å².